The van der Waals surface area contributed by atoms with Gasteiger partial charge in [0.2, 0.25) is 5.67 Å². The van der Waals surface area contributed by atoms with Crippen molar-refractivity contribution in [3.8, 4) is 0 Å². The van der Waals surface area contributed by atoms with Gasteiger partial charge in [-0.25, -0.2) is 9.18 Å². The van der Waals surface area contributed by atoms with Crippen LogP contribution in [0.3, 0.4) is 0 Å². The summed E-state index contributed by atoms with van der Waals surface area (Å²) in [5.74, 6) is 0.869. The van der Waals surface area contributed by atoms with E-state index in [0.29, 0.717) is 0 Å². The predicted octanol–water partition coefficient (Wildman–Crippen LogP) is 1.94. The maximum absolute atomic E-state index is 13.3. The maximum atomic E-state index is 13.3. The number of carboxylic acids is 1. The fourth-order valence-electron chi connectivity index (χ4n) is 1.37. The topological polar surface area (TPSA) is 37.3 Å². The van der Waals surface area contributed by atoms with E-state index >= 15 is 0 Å². The van der Waals surface area contributed by atoms with Crippen molar-refractivity contribution in [1.82, 2.24) is 0 Å². The van der Waals surface area contributed by atoms with Crippen molar-refractivity contribution in [3.05, 3.63) is 0 Å². The summed E-state index contributed by atoms with van der Waals surface area (Å²) in [5.41, 5.74) is -2.03. The van der Waals surface area contributed by atoms with Gasteiger partial charge in [0.05, 0.1) is 0 Å². The minimum Gasteiger partial charge on any atom is -0.479 e. The zero-order valence-electron chi connectivity index (χ0n) is 7.05. The first kappa shape index (κ1) is 9.84. The van der Waals surface area contributed by atoms with E-state index in [1.54, 1.807) is 11.8 Å². The molecule has 2 unspecified atom stereocenters. The number of alkyl halides is 1. The van der Waals surface area contributed by atoms with Crippen molar-refractivity contribution in [2.75, 3.05) is 11.5 Å². The smallest absolute Gasteiger partial charge is 0.341 e. The summed E-state index contributed by atoms with van der Waals surface area (Å²) in [6.45, 7) is 1.15. The van der Waals surface area contributed by atoms with Gasteiger partial charge >= 0.3 is 5.97 Å². The Bertz CT molecular complexity index is 176. The van der Waals surface area contributed by atoms with Gasteiger partial charge in [-0.05, 0) is 37.2 Å². The number of rotatable bonds is 3. The van der Waals surface area contributed by atoms with Crippen LogP contribution in [-0.2, 0) is 4.79 Å². The molecule has 0 aromatic heterocycles. The molecule has 2 nitrogen and oxygen atoms in total. The normalized spacial score (nSPS) is 28.3. The Morgan fingerprint density at radius 1 is 1.83 bits per heavy atom. The molecule has 0 amide bonds. The molecule has 0 aromatic rings. The number of hydrogen-bond donors (Lipinski definition) is 1. The number of aliphatic carboxylic acids is 1. The van der Waals surface area contributed by atoms with Crippen LogP contribution in [0.4, 0.5) is 4.39 Å². The molecule has 1 fully saturated rings. The standard InChI is InChI=1S/C8H13FO2S/c1-8(9,7(10)11)4-6-2-3-12-5-6/h6H,2-5H2,1H3,(H,10,11). The van der Waals surface area contributed by atoms with Crippen molar-refractivity contribution < 1.29 is 14.3 Å². The molecule has 70 valence electrons. The molecule has 2 atom stereocenters. The Hall–Kier alpha value is -0.250. The Morgan fingerprint density at radius 3 is 2.92 bits per heavy atom. The van der Waals surface area contributed by atoms with Crippen LogP contribution in [-0.4, -0.2) is 28.3 Å². The molecule has 0 radical (unpaired) electrons. The highest BCUT2D eigenvalue weighted by molar-refractivity contribution is 7.99. The van der Waals surface area contributed by atoms with Crippen LogP contribution < -0.4 is 0 Å². The van der Waals surface area contributed by atoms with Crippen LogP contribution in [0.25, 0.3) is 0 Å². The summed E-state index contributed by atoms with van der Waals surface area (Å²) in [6.07, 6.45) is 1.12. The molecule has 1 rings (SSSR count). The van der Waals surface area contributed by atoms with Gasteiger partial charge < -0.3 is 5.11 Å². The van der Waals surface area contributed by atoms with E-state index in [-0.39, 0.29) is 12.3 Å². The molecule has 0 saturated carbocycles. The molecule has 0 aromatic carbocycles. The Morgan fingerprint density at radius 2 is 2.50 bits per heavy atom. The molecule has 1 aliphatic rings. The van der Waals surface area contributed by atoms with Gasteiger partial charge in [0.1, 0.15) is 0 Å². The summed E-state index contributed by atoms with van der Waals surface area (Å²) < 4.78 is 13.3. The van der Waals surface area contributed by atoms with Gasteiger partial charge in [0.15, 0.2) is 0 Å². The molecule has 4 heteroatoms. The van der Waals surface area contributed by atoms with E-state index in [1.165, 1.54) is 0 Å². The maximum Gasteiger partial charge on any atom is 0.341 e. The van der Waals surface area contributed by atoms with Crippen LogP contribution in [0.2, 0.25) is 0 Å². The second-order valence-corrected chi connectivity index (χ2v) is 4.59. The zero-order chi connectivity index (χ0) is 9.19. The summed E-state index contributed by atoms with van der Waals surface area (Å²) >= 11 is 1.77. The molecule has 0 aliphatic carbocycles. The average molecular weight is 192 g/mol. The fourth-order valence-corrected chi connectivity index (χ4v) is 2.66. The van der Waals surface area contributed by atoms with Crippen molar-refractivity contribution in [1.29, 1.82) is 0 Å². The number of carboxylic acid groups (broad SMARTS) is 1. The lowest BCUT2D eigenvalue weighted by atomic mass is 9.93. The number of thioether (sulfide) groups is 1. The lowest BCUT2D eigenvalue weighted by molar-refractivity contribution is -0.150. The van der Waals surface area contributed by atoms with Gasteiger partial charge in [-0.2, -0.15) is 11.8 Å². The predicted molar refractivity (Wildman–Crippen MR) is 47.2 cm³/mol. The Kier molecular flexibility index (Phi) is 2.99. The van der Waals surface area contributed by atoms with Crippen molar-refractivity contribution in [2.24, 2.45) is 5.92 Å². The first-order chi connectivity index (χ1) is 5.52. The van der Waals surface area contributed by atoms with Crippen LogP contribution in [0, 0.1) is 5.92 Å². The largest absolute Gasteiger partial charge is 0.479 e. The molecule has 1 aliphatic heterocycles. The van der Waals surface area contributed by atoms with E-state index in [2.05, 4.69) is 0 Å². The van der Waals surface area contributed by atoms with E-state index in [4.69, 9.17) is 5.11 Å². The van der Waals surface area contributed by atoms with Crippen molar-refractivity contribution in [2.45, 2.75) is 25.4 Å². The third kappa shape index (κ3) is 2.37. The minimum absolute atomic E-state index is 0.162. The fraction of sp³-hybridized carbons (Fsp3) is 0.875. The lowest BCUT2D eigenvalue weighted by Crippen LogP contribution is -2.32. The summed E-state index contributed by atoms with van der Waals surface area (Å²) in [6, 6.07) is 0. The first-order valence-corrected chi connectivity index (χ1v) is 5.18. The molecular formula is C8H13FO2S. The van der Waals surface area contributed by atoms with Gasteiger partial charge in [-0.15, -0.1) is 0 Å². The summed E-state index contributed by atoms with van der Waals surface area (Å²) in [4.78, 5) is 10.4. The molecule has 1 saturated heterocycles. The first-order valence-electron chi connectivity index (χ1n) is 4.02. The van der Waals surface area contributed by atoms with Gasteiger partial charge in [0.25, 0.3) is 0 Å². The highest BCUT2D eigenvalue weighted by Gasteiger charge is 2.36. The third-order valence-electron chi connectivity index (χ3n) is 2.14. The Labute approximate surface area is 75.5 Å². The highest BCUT2D eigenvalue weighted by Crippen LogP contribution is 2.32. The average Bonchev–Trinajstić information content (AvgIpc) is 2.38. The van der Waals surface area contributed by atoms with E-state index in [0.717, 1.165) is 24.9 Å². The SMILES string of the molecule is CC(F)(CC1CCSC1)C(=O)O. The zero-order valence-corrected chi connectivity index (χ0v) is 7.86. The quantitative estimate of drug-likeness (QED) is 0.742. The van der Waals surface area contributed by atoms with Crippen LogP contribution in [0.1, 0.15) is 19.8 Å². The van der Waals surface area contributed by atoms with Gasteiger partial charge in [-0.1, -0.05) is 0 Å². The van der Waals surface area contributed by atoms with Crippen LogP contribution in [0.5, 0.6) is 0 Å². The molecule has 0 spiro atoms. The lowest BCUT2D eigenvalue weighted by Gasteiger charge is -2.18. The number of hydrogen-bond acceptors (Lipinski definition) is 2. The van der Waals surface area contributed by atoms with E-state index < -0.39 is 11.6 Å². The molecule has 12 heavy (non-hydrogen) atoms. The van der Waals surface area contributed by atoms with E-state index in [1.807, 2.05) is 0 Å². The second kappa shape index (κ2) is 3.64. The van der Waals surface area contributed by atoms with E-state index in [9.17, 15) is 9.18 Å². The number of halogens is 1. The molecule has 0 bridgehead atoms. The van der Waals surface area contributed by atoms with Gasteiger partial charge in [-0.3, -0.25) is 0 Å². The third-order valence-corrected chi connectivity index (χ3v) is 3.37. The highest BCUT2D eigenvalue weighted by atomic mass is 32.2. The van der Waals surface area contributed by atoms with Crippen molar-refractivity contribution in [3.63, 3.8) is 0 Å². The minimum atomic E-state index is -2.03. The molecule has 1 heterocycles. The van der Waals surface area contributed by atoms with Crippen molar-refractivity contribution >= 4 is 17.7 Å². The molecule has 1 N–H and O–H groups in total. The Balaban J connectivity index is 2.42. The molecular weight excluding hydrogens is 179 g/mol. The summed E-state index contributed by atoms with van der Waals surface area (Å²) in [5, 5.41) is 8.52. The van der Waals surface area contributed by atoms with Gasteiger partial charge in [0, 0.05) is 0 Å². The summed E-state index contributed by atoms with van der Waals surface area (Å²) in [7, 11) is 0. The monoisotopic (exact) mass is 192 g/mol. The second-order valence-electron chi connectivity index (χ2n) is 3.44. The van der Waals surface area contributed by atoms with Crippen LogP contribution >= 0.6 is 11.8 Å². The van der Waals surface area contributed by atoms with Crippen LogP contribution in [0.15, 0.2) is 0 Å². The number of carbonyl (C=O) groups is 1.